The van der Waals surface area contributed by atoms with Crippen LogP contribution in [0.4, 0.5) is 5.69 Å². The van der Waals surface area contributed by atoms with Crippen molar-refractivity contribution in [3.63, 3.8) is 0 Å². The lowest BCUT2D eigenvalue weighted by Gasteiger charge is -2.29. The van der Waals surface area contributed by atoms with Gasteiger partial charge in [-0.15, -0.1) is 0 Å². The van der Waals surface area contributed by atoms with Gasteiger partial charge in [-0.3, -0.25) is 9.59 Å². The molecular weight excluding hydrogens is 328 g/mol. The molecule has 6 heteroatoms. The highest BCUT2D eigenvalue weighted by atomic mass is 35.5. The first kappa shape index (κ1) is 16.3. The molecule has 124 valence electrons. The van der Waals surface area contributed by atoms with Gasteiger partial charge < -0.3 is 15.0 Å². The zero-order valence-electron chi connectivity index (χ0n) is 13.0. The van der Waals surface area contributed by atoms with E-state index in [1.807, 2.05) is 36.4 Å². The maximum absolute atomic E-state index is 12.0. The number of anilines is 1. The molecule has 0 saturated heterocycles. The fraction of sp³-hybridized carbons (Fsp3) is 0.222. The standard InChI is InChI=1S/C18H17ClN2O3/c19-14-5-3-4-13(10-14)11-17(22)20-8-9-21-15-6-1-2-7-16(15)24-12-18(21)23/h1-7,10H,8-9,11-12H2,(H,20,22). The number of para-hydroxylation sites is 2. The van der Waals surface area contributed by atoms with Crippen LogP contribution in [0.1, 0.15) is 5.56 Å². The van der Waals surface area contributed by atoms with Gasteiger partial charge in [0.1, 0.15) is 5.75 Å². The van der Waals surface area contributed by atoms with Gasteiger partial charge in [-0.05, 0) is 29.8 Å². The first-order chi connectivity index (χ1) is 11.6. The van der Waals surface area contributed by atoms with Gasteiger partial charge in [-0.2, -0.15) is 0 Å². The number of ether oxygens (including phenoxy) is 1. The quantitative estimate of drug-likeness (QED) is 0.906. The zero-order chi connectivity index (χ0) is 16.9. The van der Waals surface area contributed by atoms with E-state index in [-0.39, 0.29) is 24.8 Å². The average Bonchev–Trinajstić information content (AvgIpc) is 2.57. The van der Waals surface area contributed by atoms with Crippen molar-refractivity contribution in [1.29, 1.82) is 0 Å². The lowest BCUT2D eigenvalue weighted by atomic mass is 10.1. The Balaban J connectivity index is 1.54. The first-order valence-corrected chi connectivity index (χ1v) is 8.04. The van der Waals surface area contributed by atoms with E-state index >= 15 is 0 Å². The molecule has 0 aliphatic carbocycles. The molecule has 0 fully saturated rings. The minimum atomic E-state index is -0.113. The van der Waals surface area contributed by atoms with Crippen LogP contribution in [0, 0.1) is 0 Å². The SMILES string of the molecule is O=C(Cc1cccc(Cl)c1)NCCN1C(=O)COc2ccccc21. The Morgan fingerprint density at radius 2 is 2.04 bits per heavy atom. The molecule has 1 N–H and O–H groups in total. The summed E-state index contributed by atoms with van der Waals surface area (Å²) >= 11 is 5.91. The van der Waals surface area contributed by atoms with Crippen LogP contribution in [0.2, 0.25) is 5.02 Å². The lowest BCUT2D eigenvalue weighted by molar-refractivity contribution is -0.122. The summed E-state index contributed by atoms with van der Waals surface area (Å²) in [5, 5.41) is 3.44. The summed E-state index contributed by atoms with van der Waals surface area (Å²) in [6, 6.07) is 14.6. The lowest BCUT2D eigenvalue weighted by Crippen LogP contribution is -2.43. The smallest absolute Gasteiger partial charge is 0.265 e. The number of carbonyl (C=O) groups excluding carboxylic acids is 2. The van der Waals surface area contributed by atoms with Crippen LogP contribution < -0.4 is 15.0 Å². The van der Waals surface area contributed by atoms with Crippen LogP contribution in [0.5, 0.6) is 5.75 Å². The number of halogens is 1. The number of nitrogens with one attached hydrogen (secondary N) is 1. The summed E-state index contributed by atoms with van der Waals surface area (Å²) in [5.41, 5.74) is 1.59. The third kappa shape index (κ3) is 3.86. The van der Waals surface area contributed by atoms with Crippen molar-refractivity contribution in [2.24, 2.45) is 0 Å². The topological polar surface area (TPSA) is 58.6 Å². The number of hydrogen-bond donors (Lipinski definition) is 1. The molecule has 0 unspecified atom stereocenters. The molecule has 0 radical (unpaired) electrons. The second kappa shape index (κ2) is 7.36. The van der Waals surface area contributed by atoms with E-state index in [9.17, 15) is 9.59 Å². The van der Waals surface area contributed by atoms with E-state index in [1.54, 1.807) is 17.0 Å². The number of nitrogens with zero attached hydrogens (tertiary/aromatic N) is 1. The minimum absolute atomic E-state index is 0.0213. The van der Waals surface area contributed by atoms with Crippen LogP contribution in [-0.2, 0) is 16.0 Å². The summed E-state index contributed by atoms with van der Waals surface area (Å²) in [5.74, 6) is 0.464. The first-order valence-electron chi connectivity index (χ1n) is 7.67. The van der Waals surface area contributed by atoms with Crippen molar-refractivity contribution in [2.75, 3.05) is 24.6 Å². The summed E-state index contributed by atoms with van der Waals surface area (Å²) in [4.78, 5) is 25.7. The van der Waals surface area contributed by atoms with Gasteiger partial charge in [-0.1, -0.05) is 35.9 Å². The van der Waals surface area contributed by atoms with Crippen LogP contribution in [-0.4, -0.2) is 31.5 Å². The van der Waals surface area contributed by atoms with Crippen molar-refractivity contribution in [3.05, 3.63) is 59.1 Å². The van der Waals surface area contributed by atoms with E-state index in [2.05, 4.69) is 5.32 Å². The third-order valence-electron chi connectivity index (χ3n) is 3.72. The zero-order valence-corrected chi connectivity index (χ0v) is 13.8. The Labute approximate surface area is 145 Å². The van der Waals surface area contributed by atoms with Crippen molar-refractivity contribution >= 4 is 29.1 Å². The van der Waals surface area contributed by atoms with Crippen LogP contribution >= 0.6 is 11.6 Å². The predicted molar refractivity (Wildman–Crippen MR) is 92.5 cm³/mol. The number of amides is 2. The fourth-order valence-electron chi connectivity index (χ4n) is 2.60. The van der Waals surface area contributed by atoms with Crippen LogP contribution in [0.25, 0.3) is 0 Å². The van der Waals surface area contributed by atoms with E-state index in [4.69, 9.17) is 16.3 Å². The molecular formula is C18H17ClN2O3. The van der Waals surface area contributed by atoms with E-state index in [1.165, 1.54) is 0 Å². The summed E-state index contributed by atoms with van der Waals surface area (Å²) in [6.07, 6.45) is 0.258. The van der Waals surface area contributed by atoms with Gasteiger partial charge in [0, 0.05) is 18.1 Å². The molecule has 2 amide bonds. The molecule has 1 heterocycles. The van der Waals surface area contributed by atoms with Gasteiger partial charge in [0.15, 0.2) is 6.61 Å². The number of carbonyl (C=O) groups is 2. The monoisotopic (exact) mass is 344 g/mol. The molecule has 0 atom stereocenters. The highest BCUT2D eigenvalue weighted by molar-refractivity contribution is 6.30. The van der Waals surface area contributed by atoms with Gasteiger partial charge in [0.05, 0.1) is 12.1 Å². The Kier molecular flexibility index (Phi) is 5.01. The number of benzene rings is 2. The Morgan fingerprint density at radius 3 is 2.88 bits per heavy atom. The van der Waals surface area contributed by atoms with Crippen LogP contribution in [0.3, 0.4) is 0 Å². The maximum atomic E-state index is 12.0. The Morgan fingerprint density at radius 1 is 1.21 bits per heavy atom. The molecule has 0 aromatic heterocycles. The molecule has 2 aromatic carbocycles. The molecule has 0 spiro atoms. The molecule has 0 saturated carbocycles. The fourth-order valence-corrected chi connectivity index (χ4v) is 2.81. The minimum Gasteiger partial charge on any atom is -0.482 e. The maximum Gasteiger partial charge on any atom is 0.265 e. The van der Waals surface area contributed by atoms with Gasteiger partial charge in [0.25, 0.3) is 5.91 Å². The molecule has 2 aromatic rings. The predicted octanol–water partition coefficient (Wildman–Crippen LogP) is 2.42. The molecule has 1 aliphatic rings. The second-order valence-electron chi connectivity index (χ2n) is 5.46. The normalized spacial score (nSPS) is 13.2. The number of fused-ring (bicyclic) bond motifs is 1. The van der Waals surface area contributed by atoms with E-state index in [0.717, 1.165) is 11.3 Å². The highest BCUT2D eigenvalue weighted by Crippen LogP contribution is 2.30. The molecule has 0 bridgehead atoms. The highest BCUT2D eigenvalue weighted by Gasteiger charge is 2.24. The molecule has 24 heavy (non-hydrogen) atoms. The van der Waals surface area contributed by atoms with Crippen molar-refractivity contribution in [1.82, 2.24) is 5.32 Å². The van der Waals surface area contributed by atoms with Crippen molar-refractivity contribution < 1.29 is 14.3 Å². The number of hydrogen-bond acceptors (Lipinski definition) is 3. The largest absolute Gasteiger partial charge is 0.482 e. The van der Waals surface area contributed by atoms with E-state index in [0.29, 0.717) is 23.9 Å². The summed E-state index contributed by atoms with van der Waals surface area (Å²) in [7, 11) is 0. The Hall–Kier alpha value is -2.53. The van der Waals surface area contributed by atoms with Gasteiger partial charge in [0.2, 0.25) is 5.91 Å². The average molecular weight is 345 g/mol. The van der Waals surface area contributed by atoms with Gasteiger partial charge >= 0.3 is 0 Å². The second-order valence-corrected chi connectivity index (χ2v) is 5.89. The summed E-state index contributed by atoms with van der Waals surface area (Å²) in [6.45, 7) is 0.799. The van der Waals surface area contributed by atoms with Gasteiger partial charge in [-0.25, -0.2) is 0 Å². The summed E-state index contributed by atoms with van der Waals surface area (Å²) < 4.78 is 5.39. The third-order valence-corrected chi connectivity index (χ3v) is 3.95. The number of rotatable bonds is 5. The van der Waals surface area contributed by atoms with Crippen LogP contribution in [0.15, 0.2) is 48.5 Å². The van der Waals surface area contributed by atoms with E-state index < -0.39 is 0 Å². The molecule has 1 aliphatic heterocycles. The molecule has 5 nitrogen and oxygen atoms in total. The molecule has 3 rings (SSSR count). The van der Waals surface area contributed by atoms with Crippen molar-refractivity contribution in [2.45, 2.75) is 6.42 Å². The Bertz CT molecular complexity index is 763. The van der Waals surface area contributed by atoms with Crippen molar-refractivity contribution in [3.8, 4) is 5.75 Å².